The minimum absolute atomic E-state index is 0.0448. The lowest BCUT2D eigenvalue weighted by Crippen LogP contribution is -2.23. The Kier molecular flexibility index (Phi) is 5.96. The zero-order valence-corrected chi connectivity index (χ0v) is 11.6. The Labute approximate surface area is 116 Å². The van der Waals surface area contributed by atoms with Gasteiger partial charge in [-0.15, -0.1) is 0 Å². The van der Waals surface area contributed by atoms with Crippen molar-refractivity contribution in [3.8, 4) is 11.5 Å². The van der Waals surface area contributed by atoms with Crippen LogP contribution in [-0.2, 0) is 4.79 Å². The van der Waals surface area contributed by atoms with Crippen LogP contribution in [0.1, 0.15) is 12.5 Å². The van der Waals surface area contributed by atoms with Gasteiger partial charge in [-0.05, 0) is 30.7 Å². The summed E-state index contributed by atoms with van der Waals surface area (Å²) >= 11 is 0. The third kappa shape index (κ3) is 4.53. The molecule has 0 spiro atoms. The number of rotatable bonds is 6. The third-order valence-electron chi connectivity index (χ3n) is 2.67. The summed E-state index contributed by atoms with van der Waals surface area (Å²) in [5.74, 6) is -0.000211. The van der Waals surface area contributed by atoms with E-state index in [1.54, 1.807) is 24.1 Å². The summed E-state index contributed by atoms with van der Waals surface area (Å²) in [6, 6.07) is 4.46. The summed E-state index contributed by atoms with van der Waals surface area (Å²) in [6.07, 6.45) is 3.00. The molecule has 0 unspecified atom stereocenters. The van der Waals surface area contributed by atoms with Crippen molar-refractivity contribution < 1.29 is 23.0 Å². The Balaban J connectivity index is 2.87. The molecule has 1 aromatic rings. The molecule has 0 aliphatic heterocycles. The fourth-order valence-electron chi connectivity index (χ4n) is 1.43. The number of nitrogens with zero attached hydrogens (tertiary/aromatic N) is 1. The van der Waals surface area contributed by atoms with E-state index in [0.29, 0.717) is 12.1 Å². The highest BCUT2D eigenvalue weighted by atomic mass is 19.3. The molecule has 20 heavy (non-hydrogen) atoms. The maximum atomic E-state index is 12.2. The summed E-state index contributed by atoms with van der Waals surface area (Å²) < 4.78 is 33.6. The van der Waals surface area contributed by atoms with Crippen LogP contribution in [0, 0.1) is 0 Å². The average molecular weight is 285 g/mol. The van der Waals surface area contributed by atoms with Crippen LogP contribution in [0.2, 0.25) is 0 Å². The minimum atomic E-state index is -2.91. The van der Waals surface area contributed by atoms with Crippen LogP contribution in [0.25, 0.3) is 6.08 Å². The van der Waals surface area contributed by atoms with Gasteiger partial charge in [-0.2, -0.15) is 8.78 Å². The molecular formula is C14H17F2NO3. The Hall–Kier alpha value is -2.11. The van der Waals surface area contributed by atoms with E-state index in [-0.39, 0.29) is 17.4 Å². The normalized spacial score (nSPS) is 10.9. The lowest BCUT2D eigenvalue weighted by molar-refractivity contribution is -0.124. The van der Waals surface area contributed by atoms with Crippen molar-refractivity contribution in [3.05, 3.63) is 29.8 Å². The first-order chi connectivity index (χ1) is 9.47. The molecule has 0 aliphatic rings. The van der Waals surface area contributed by atoms with Crippen LogP contribution in [0.3, 0.4) is 0 Å². The summed E-state index contributed by atoms with van der Waals surface area (Å²) in [7, 11) is 3.05. The smallest absolute Gasteiger partial charge is 0.387 e. The monoisotopic (exact) mass is 285 g/mol. The Morgan fingerprint density at radius 2 is 2.10 bits per heavy atom. The Morgan fingerprint density at radius 1 is 1.40 bits per heavy atom. The maximum Gasteiger partial charge on any atom is 0.387 e. The fourth-order valence-corrected chi connectivity index (χ4v) is 1.43. The van der Waals surface area contributed by atoms with Crippen LogP contribution < -0.4 is 9.47 Å². The van der Waals surface area contributed by atoms with E-state index in [9.17, 15) is 13.6 Å². The highest BCUT2D eigenvalue weighted by Crippen LogP contribution is 2.29. The topological polar surface area (TPSA) is 38.8 Å². The molecule has 0 fully saturated rings. The SMILES string of the molecule is CCN(C)C(=O)/C=C\c1ccc(OC(F)F)c(OC)c1. The minimum Gasteiger partial charge on any atom is -0.493 e. The maximum absolute atomic E-state index is 12.2. The first-order valence-corrected chi connectivity index (χ1v) is 6.04. The molecule has 1 rings (SSSR count). The number of amides is 1. The number of hydrogen-bond acceptors (Lipinski definition) is 3. The molecule has 1 amide bonds. The van der Waals surface area contributed by atoms with E-state index >= 15 is 0 Å². The number of alkyl halides is 2. The largest absolute Gasteiger partial charge is 0.493 e. The van der Waals surface area contributed by atoms with Crippen LogP contribution in [0.4, 0.5) is 8.78 Å². The number of carbonyl (C=O) groups is 1. The molecule has 6 heteroatoms. The van der Waals surface area contributed by atoms with Crippen molar-refractivity contribution in [2.45, 2.75) is 13.5 Å². The molecule has 110 valence electrons. The van der Waals surface area contributed by atoms with Gasteiger partial charge < -0.3 is 14.4 Å². The number of likely N-dealkylation sites (N-methyl/N-ethyl adjacent to an activating group) is 1. The van der Waals surface area contributed by atoms with Gasteiger partial charge in [-0.25, -0.2) is 0 Å². The zero-order chi connectivity index (χ0) is 15.1. The average Bonchev–Trinajstić information content (AvgIpc) is 2.44. The van der Waals surface area contributed by atoms with E-state index in [1.807, 2.05) is 6.92 Å². The van der Waals surface area contributed by atoms with E-state index in [2.05, 4.69) is 4.74 Å². The summed E-state index contributed by atoms with van der Waals surface area (Å²) in [4.78, 5) is 13.1. The lowest BCUT2D eigenvalue weighted by Gasteiger charge is -2.11. The summed E-state index contributed by atoms with van der Waals surface area (Å²) in [6.45, 7) is -0.441. The highest BCUT2D eigenvalue weighted by Gasteiger charge is 2.10. The second-order valence-electron chi connectivity index (χ2n) is 3.97. The van der Waals surface area contributed by atoms with Crippen molar-refractivity contribution in [2.24, 2.45) is 0 Å². The number of ether oxygens (including phenoxy) is 2. The predicted molar refractivity (Wildman–Crippen MR) is 72.0 cm³/mol. The van der Waals surface area contributed by atoms with Crippen LogP contribution in [0.5, 0.6) is 11.5 Å². The van der Waals surface area contributed by atoms with E-state index in [4.69, 9.17) is 4.74 Å². The molecule has 0 aromatic heterocycles. The molecule has 1 aromatic carbocycles. The Bertz CT molecular complexity index is 489. The standard InChI is InChI=1S/C14H17F2NO3/c1-4-17(2)13(18)8-6-10-5-7-11(20-14(15)16)12(9-10)19-3/h5-9,14H,4H2,1-3H3/b8-6-. The second-order valence-corrected chi connectivity index (χ2v) is 3.97. The number of hydrogen-bond donors (Lipinski definition) is 0. The molecule has 0 heterocycles. The first-order valence-electron chi connectivity index (χ1n) is 6.04. The molecule has 4 nitrogen and oxygen atoms in total. The van der Waals surface area contributed by atoms with Crippen molar-refractivity contribution in [1.82, 2.24) is 4.90 Å². The van der Waals surface area contributed by atoms with Crippen molar-refractivity contribution in [2.75, 3.05) is 20.7 Å². The first kappa shape index (κ1) is 15.9. The van der Waals surface area contributed by atoms with Gasteiger partial charge in [0.25, 0.3) is 0 Å². The quantitative estimate of drug-likeness (QED) is 0.754. The number of halogens is 2. The van der Waals surface area contributed by atoms with Gasteiger partial charge in [0.2, 0.25) is 5.91 Å². The van der Waals surface area contributed by atoms with Crippen LogP contribution >= 0.6 is 0 Å². The van der Waals surface area contributed by atoms with Crippen LogP contribution in [0.15, 0.2) is 24.3 Å². The molecule has 0 aliphatic carbocycles. The fraction of sp³-hybridized carbons (Fsp3) is 0.357. The molecule has 0 atom stereocenters. The predicted octanol–water partition coefficient (Wildman–Crippen LogP) is 2.79. The van der Waals surface area contributed by atoms with Gasteiger partial charge in [0.05, 0.1) is 7.11 Å². The summed E-state index contributed by atoms with van der Waals surface area (Å²) in [5, 5.41) is 0. The molecule has 0 saturated heterocycles. The summed E-state index contributed by atoms with van der Waals surface area (Å²) in [5.41, 5.74) is 0.654. The van der Waals surface area contributed by atoms with Gasteiger partial charge in [0.1, 0.15) is 0 Å². The number of carbonyl (C=O) groups excluding carboxylic acids is 1. The van der Waals surface area contributed by atoms with Gasteiger partial charge in [0.15, 0.2) is 11.5 Å². The van der Waals surface area contributed by atoms with Gasteiger partial charge in [-0.1, -0.05) is 6.07 Å². The second kappa shape index (κ2) is 7.47. The Morgan fingerprint density at radius 3 is 2.65 bits per heavy atom. The molecule has 0 saturated carbocycles. The zero-order valence-electron chi connectivity index (χ0n) is 11.6. The van der Waals surface area contributed by atoms with Crippen molar-refractivity contribution in [3.63, 3.8) is 0 Å². The van der Waals surface area contributed by atoms with Gasteiger partial charge >= 0.3 is 6.61 Å². The van der Waals surface area contributed by atoms with Crippen molar-refractivity contribution in [1.29, 1.82) is 0 Å². The molecule has 0 bridgehead atoms. The van der Waals surface area contributed by atoms with E-state index in [1.165, 1.54) is 25.3 Å². The number of methoxy groups -OCH3 is 1. The van der Waals surface area contributed by atoms with Crippen LogP contribution in [-0.4, -0.2) is 38.1 Å². The lowest BCUT2D eigenvalue weighted by atomic mass is 10.2. The molecule has 0 radical (unpaired) electrons. The van der Waals surface area contributed by atoms with Crippen molar-refractivity contribution >= 4 is 12.0 Å². The van der Waals surface area contributed by atoms with Gasteiger partial charge in [-0.3, -0.25) is 4.79 Å². The van der Waals surface area contributed by atoms with E-state index < -0.39 is 6.61 Å². The third-order valence-corrected chi connectivity index (χ3v) is 2.67. The molecule has 0 N–H and O–H groups in total. The molecular weight excluding hydrogens is 268 g/mol. The van der Waals surface area contributed by atoms with Gasteiger partial charge in [0, 0.05) is 19.7 Å². The number of benzene rings is 1. The highest BCUT2D eigenvalue weighted by molar-refractivity contribution is 5.91. The van der Waals surface area contributed by atoms with E-state index in [0.717, 1.165) is 0 Å².